The Morgan fingerprint density at radius 3 is 2.65 bits per heavy atom. The molecular formula is C13H25NO3. The number of ether oxygens (including phenoxy) is 1. The summed E-state index contributed by atoms with van der Waals surface area (Å²) in [6.07, 6.45) is 3.54. The van der Waals surface area contributed by atoms with Crippen LogP contribution in [0.5, 0.6) is 0 Å². The van der Waals surface area contributed by atoms with Gasteiger partial charge < -0.3 is 15.2 Å². The van der Waals surface area contributed by atoms with E-state index in [9.17, 15) is 9.90 Å². The normalized spacial score (nSPS) is 27.1. The van der Waals surface area contributed by atoms with E-state index >= 15 is 0 Å². The van der Waals surface area contributed by atoms with Crippen LogP contribution in [0.2, 0.25) is 0 Å². The van der Waals surface area contributed by atoms with E-state index in [1.54, 1.807) is 6.92 Å². The first-order valence-corrected chi connectivity index (χ1v) is 6.57. The molecule has 0 heterocycles. The van der Waals surface area contributed by atoms with E-state index in [0.717, 1.165) is 19.4 Å². The third-order valence-electron chi connectivity index (χ3n) is 3.50. The Hall–Kier alpha value is -0.610. The van der Waals surface area contributed by atoms with Crippen molar-refractivity contribution in [2.75, 3.05) is 13.2 Å². The van der Waals surface area contributed by atoms with E-state index in [4.69, 9.17) is 4.74 Å². The molecule has 17 heavy (non-hydrogen) atoms. The second-order valence-corrected chi connectivity index (χ2v) is 5.25. The highest BCUT2D eigenvalue weighted by Gasteiger charge is 2.31. The molecule has 1 atom stereocenters. The van der Waals surface area contributed by atoms with E-state index in [-0.39, 0.29) is 5.91 Å². The van der Waals surface area contributed by atoms with Gasteiger partial charge in [-0.05, 0) is 39.0 Å². The Labute approximate surface area is 104 Å². The predicted octanol–water partition coefficient (Wildman–Crippen LogP) is 1.47. The third kappa shape index (κ3) is 5.04. The average molecular weight is 243 g/mol. The van der Waals surface area contributed by atoms with E-state index in [0.29, 0.717) is 31.4 Å². The van der Waals surface area contributed by atoms with E-state index in [1.807, 2.05) is 13.8 Å². The predicted molar refractivity (Wildman–Crippen MR) is 66.7 cm³/mol. The van der Waals surface area contributed by atoms with Crippen LogP contribution in [0, 0.1) is 5.92 Å². The van der Waals surface area contributed by atoms with Gasteiger partial charge in [0.25, 0.3) is 0 Å². The largest absolute Gasteiger partial charge is 0.388 e. The standard InChI is InChI=1S/C13H25NO3/c1-4-13(3,16)9-14-12(15)8-10-6-11(7-10)17-5-2/h10-11,16H,4-9H2,1-3H3,(H,14,15). The van der Waals surface area contributed by atoms with E-state index < -0.39 is 5.60 Å². The summed E-state index contributed by atoms with van der Waals surface area (Å²) in [5, 5.41) is 12.5. The molecule has 0 aromatic carbocycles. The quantitative estimate of drug-likeness (QED) is 0.712. The first kappa shape index (κ1) is 14.5. The molecule has 0 aromatic heterocycles. The summed E-state index contributed by atoms with van der Waals surface area (Å²) in [6.45, 7) is 6.73. The van der Waals surface area contributed by atoms with Crippen LogP contribution in [0.1, 0.15) is 46.5 Å². The van der Waals surface area contributed by atoms with Crippen molar-refractivity contribution in [1.82, 2.24) is 5.32 Å². The summed E-state index contributed by atoms with van der Waals surface area (Å²) in [7, 11) is 0. The zero-order valence-electron chi connectivity index (χ0n) is 11.2. The van der Waals surface area contributed by atoms with E-state index in [1.165, 1.54) is 0 Å². The second-order valence-electron chi connectivity index (χ2n) is 5.25. The second kappa shape index (κ2) is 6.36. The van der Waals surface area contributed by atoms with Crippen molar-refractivity contribution >= 4 is 5.91 Å². The summed E-state index contributed by atoms with van der Waals surface area (Å²) in [5.41, 5.74) is -0.789. The number of hydrogen-bond donors (Lipinski definition) is 2. The lowest BCUT2D eigenvalue weighted by Crippen LogP contribution is -2.42. The third-order valence-corrected chi connectivity index (χ3v) is 3.50. The van der Waals surface area contributed by atoms with Gasteiger partial charge in [0.1, 0.15) is 0 Å². The van der Waals surface area contributed by atoms with Crippen LogP contribution >= 0.6 is 0 Å². The van der Waals surface area contributed by atoms with Crippen molar-refractivity contribution in [2.45, 2.75) is 58.2 Å². The molecule has 4 nitrogen and oxygen atoms in total. The topological polar surface area (TPSA) is 58.6 Å². The van der Waals surface area contributed by atoms with Gasteiger partial charge in [0.2, 0.25) is 5.91 Å². The molecule has 1 rings (SSSR count). The van der Waals surface area contributed by atoms with Gasteiger partial charge in [0.05, 0.1) is 11.7 Å². The summed E-state index contributed by atoms with van der Waals surface area (Å²) in [5.74, 6) is 0.497. The molecule has 0 aliphatic heterocycles. The molecule has 4 heteroatoms. The zero-order chi connectivity index (χ0) is 12.9. The first-order valence-electron chi connectivity index (χ1n) is 6.57. The average Bonchev–Trinajstić information content (AvgIpc) is 2.24. The van der Waals surface area contributed by atoms with Crippen molar-refractivity contribution in [3.05, 3.63) is 0 Å². The molecule has 1 saturated carbocycles. The SMILES string of the molecule is CCOC1CC(CC(=O)NCC(C)(O)CC)C1. The minimum atomic E-state index is -0.789. The van der Waals surface area contributed by atoms with Gasteiger partial charge in [-0.3, -0.25) is 4.79 Å². The van der Waals surface area contributed by atoms with Crippen molar-refractivity contribution in [3.63, 3.8) is 0 Å². The molecule has 0 saturated heterocycles. The molecule has 0 aromatic rings. The van der Waals surface area contributed by atoms with Crippen LogP contribution in [-0.4, -0.2) is 35.9 Å². The van der Waals surface area contributed by atoms with Crippen LogP contribution in [-0.2, 0) is 9.53 Å². The Morgan fingerprint density at radius 1 is 1.47 bits per heavy atom. The summed E-state index contributed by atoms with van der Waals surface area (Å²) in [4.78, 5) is 11.6. The van der Waals surface area contributed by atoms with Crippen molar-refractivity contribution in [1.29, 1.82) is 0 Å². The van der Waals surface area contributed by atoms with Gasteiger partial charge in [-0.1, -0.05) is 6.92 Å². The fourth-order valence-corrected chi connectivity index (χ4v) is 1.96. The van der Waals surface area contributed by atoms with Gasteiger partial charge in [-0.25, -0.2) is 0 Å². The van der Waals surface area contributed by atoms with Crippen molar-refractivity contribution < 1.29 is 14.6 Å². The van der Waals surface area contributed by atoms with Gasteiger partial charge in [-0.2, -0.15) is 0 Å². The number of amides is 1. The van der Waals surface area contributed by atoms with Gasteiger partial charge >= 0.3 is 0 Å². The molecule has 1 amide bonds. The molecule has 1 fully saturated rings. The highest BCUT2D eigenvalue weighted by molar-refractivity contribution is 5.76. The van der Waals surface area contributed by atoms with Crippen LogP contribution < -0.4 is 5.32 Å². The van der Waals surface area contributed by atoms with Gasteiger partial charge in [0, 0.05) is 19.6 Å². The highest BCUT2D eigenvalue weighted by Crippen LogP contribution is 2.32. The van der Waals surface area contributed by atoms with Crippen LogP contribution in [0.4, 0.5) is 0 Å². The molecular weight excluding hydrogens is 218 g/mol. The maximum absolute atomic E-state index is 11.6. The monoisotopic (exact) mass is 243 g/mol. The molecule has 0 spiro atoms. The van der Waals surface area contributed by atoms with Crippen LogP contribution in [0.25, 0.3) is 0 Å². The minimum absolute atomic E-state index is 0.0404. The summed E-state index contributed by atoms with van der Waals surface area (Å²) in [6, 6.07) is 0. The maximum atomic E-state index is 11.6. The summed E-state index contributed by atoms with van der Waals surface area (Å²) >= 11 is 0. The lowest BCUT2D eigenvalue weighted by Gasteiger charge is -2.34. The number of carbonyl (C=O) groups is 1. The Bertz CT molecular complexity index is 247. The highest BCUT2D eigenvalue weighted by atomic mass is 16.5. The van der Waals surface area contributed by atoms with E-state index in [2.05, 4.69) is 5.32 Å². The molecule has 100 valence electrons. The van der Waals surface area contributed by atoms with Crippen molar-refractivity contribution in [3.8, 4) is 0 Å². The zero-order valence-corrected chi connectivity index (χ0v) is 11.2. The van der Waals surface area contributed by atoms with Crippen LogP contribution in [0.15, 0.2) is 0 Å². The summed E-state index contributed by atoms with van der Waals surface area (Å²) < 4.78 is 5.45. The fourth-order valence-electron chi connectivity index (χ4n) is 1.96. The fraction of sp³-hybridized carbons (Fsp3) is 0.923. The smallest absolute Gasteiger partial charge is 0.220 e. The Balaban J connectivity index is 2.11. The van der Waals surface area contributed by atoms with Gasteiger partial charge in [-0.15, -0.1) is 0 Å². The number of carbonyl (C=O) groups excluding carboxylic acids is 1. The number of rotatable bonds is 7. The number of aliphatic hydroxyl groups is 1. The number of nitrogens with one attached hydrogen (secondary N) is 1. The molecule has 1 unspecified atom stereocenters. The minimum Gasteiger partial charge on any atom is -0.388 e. The first-order chi connectivity index (χ1) is 7.96. The Morgan fingerprint density at radius 2 is 2.12 bits per heavy atom. The maximum Gasteiger partial charge on any atom is 0.220 e. The molecule has 1 aliphatic carbocycles. The molecule has 0 radical (unpaired) electrons. The van der Waals surface area contributed by atoms with Crippen molar-refractivity contribution in [2.24, 2.45) is 5.92 Å². The molecule has 2 N–H and O–H groups in total. The van der Waals surface area contributed by atoms with Gasteiger partial charge in [0.15, 0.2) is 0 Å². The molecule has 0 bridgehead atoms. The Kier molecular flexibility index (Phi) is 5.40. The number of hydrogen-bond acceptors (Lipinski definition) is 3. The lowest BCUT2D eigenvalue weighted by molar-refractivity contribution is -0.125. The molecule has 1 aliphatic rings. The lowest BCUT2D eigenvalue weighted by atomic mass is 9.80. The van der Waals surface area contributed by atoms with Crippen LogP contribution in [0.3, 0.4) is 0 Å².